The lowest BCUT2D eigenvalue weighted by atomic mass is 10.1. The van der Waals surface area contributed by atoms with Crippen LogP contribution >= 0.6 is 23.1 Å². The number of thioether (sulfide) groups is 1. The minimum Gasteiger partial charge on any atom is -0.378 e. The smallest absolute Gasteiger partial charge is 0.209 e. The largest absolute Gasteiger partial charge is 0.378 e. The molecule has 1 fully saturated rings. The Labute approximate surface area is 133 Å². The molecule has 0 aliphatic carbocycles. The number of rotatable bonds is 5. The molecule has 1 aliphatic rings. The van der Waals surface area contributed by atoms with E-state index in [2.05, 4.69) is 52.4 Å². The zero-order chi connectivity index (χ0) is 14.5. The van der Waals surface area contributed by atoms with E-state index in [-0.39, 0.29) is 0 Å². The first kappa shape index (κ1) is 14.8. The van der Waals surface area contributed by atoms with Crippen LogP contribution in [0.1, 0.15) is 24.2 Å². The van der Waals surface area contributed by atoms with Crippen LogP contribution in [0.25, 0.3) is 0 Å². The SMILES string of the molecule is CC[C@@H](Sc1nnc(N2CCOCC2)s1)c1ccccc1. The first-order chi connectivity index (χ1) is 10.4. The van der Waals surface area contributed by atoms with Crippen LogP contribution in [0.4, 0.5) is 5.13 Å². The molecule has 1 atom stereocenters. The molecule has 0 amide bonds. The van der Waals surface area contributed by atoms with Crippen molar-refractivity contribution in [2.75, 3.05) is 31.2 Å². The number of hydrogen-bond acceptors (Lipinski definition) is 6. The summed E-state index contributed by atoms with van der Waals surface area (Å²) in [6.45, 7) is 5.60. The van der Waals surface area contributed by atoms with Crippen molar-refractivity contribution in [2.45, 2.75) is 22.9 Å². The molecule has 0 radical (unpaired) electrons. The highest BCUT2D eigenvalue weighted by atomic mass is 32.2. The van der Waals surface area contributed by atoms with Crippen LogP contribution in [0.2, 0.25) is 0 Å². The van der Waals surface area contributed by atoms with Crippen molar-refractivity contribution >= 4 is 28.2 Å². The molecule has 0 bridgehead atoms. The van der Waals surface area contributed by atoms with Gasteiger partial charge in [0.05, 0.1) is 13.2 Å². The summed E-state index contributed by atoms with van der Waals surface area (Å²) in [5, 5.41) is 10.2. The zero-order valence-corrected chi connectivity index (χ0v) is 13.7. The Morgan fingerprint density at radius 2 is 2.00 bits per heavy atom. The van der Waals surface area contributed by atoms with Gasteiger partial charge in [0.15, 0.2) is 4.34 Å². The molecule has 0 spiro atoms. The highest BCUT2D eigenvalue weighted by molar-refractivity contribution is 8.01. The molecule has 112 valence electrons. The van der Waals surface area contributed by atoms with Gasteiger partial charge in [-0.1, -0.05) is 60.4 Å². The number of anilines is 1. The molecule has 1 saturated heterocycles. The Morgan fingerprint density at radius 3 is 2.71 bits per heavy atom. The molecule has 3 rings (SSSR count). The standard InChI is InChI=1S/C15H19N3OS2/c1-2-13(12-6-4-3-5-7-12)20-15-17-16-14(21-15)18-8-10-19-11-9-18/h3-7,13H,2,8-11H2,1H3/t13-/m1/s1. The summed E-state index contributed by atoms with van der Waals surface area (Å²) in [7, 11) is 0. The topological polar surface area (TPSA) is 38.2 Å². The van der Waals surface area contributed by atoms with Crippen LogP contribution in [0.15, 0.2) is 34.7 Å². The summed E-state index contributed by atoms with van der Waals surface area (Å²) < 4.78 is 6.43. The number of hydrogen-bond donors (Lipinski definition) is 0. The van der Waals surface area contributed by atoms with Crippen LogP contribution in [0.3, 0.4) is 0 Å². The summed E-state index contributed by atoms with van der Waals surface area (Å²) in [4.78, 5) is 2.26. The predicted molar refractivity (Wildman–Crippen MR) is 88.3 cm³/mol. The van der Waals surface area contributed by atoms with Crippen LogP contribution in [0.5, 0.6) is 0 Å². The van der Waals surface area contributed by atoms with E-state index in [9.17, 15) is 0 Å². The highest BCUT2D eigenvalue weighted by Gasteiger charge is 2.18. The monoisotopic (exact) mass is 321 g/mol. The first-order valence-electron chi connectivity index (χ1n) is 7.24. The summed E-state index contributed by atoms with van der Waals surface area (Å²) in [5.74, 6) is 0. The second kappa shape index (κ2) is 7.24. The number of benzene rings is 1. The fourth-order valence-corrected chi connectivity index (χ4v) is 4.50. The molecule has 1 aromatic carbocycles. The third kappa shape index (κ3) is 3.75. The fourth-order valence-electron chi connectivity index (χ4n) is 2.31. The van der Waals surface area contributed by atoms with Gasteiger partial charge in [0.25, 0.3) is 0 Å². The number of aromatic nitrogens is 2. The quantitative estimate of drug-likeness (QED) is 0.786. The molecule has 0 saturated carbocycles. The van der Waals surface area contributed by atoms with E-state index < -0.39 is 0 Å². The summed E-state index contributed by atoms with van der Waals surface area (Å²) in [5.41, 5.74) is 1.35. The molecule has 6 heteroatoms. The van der Waals surface area contributed by atoms with Gasteiger partial charge in [-0.25, -0.2) is 0 Å². The van der Waals surface area contributed by atoms with Crippen molar-refractivity contribution in [2.24, 2.45) is 0 Å². The highest BCUT2D eigenvalue weighted by Crippen LogP contribution is 2.40. The van der Waals surface area contributed by atoms with Gasteiger partial charge in [-0.05, 0) is 12.0 Å². The molecular formula is C15H19N3OS2. The summed E-state index contributed by atoms with van der Waals surface area (Å²) in [6, 6.07) is 10.6. The van der Waals surface area contributed by atoms with Gasteiger partial charge in [0, 0.05) is 18.3 Å². The van der Waals surface area contributed by atoms with Crippen molar-refractivity contribution < 1.29 is 4.74 Å². The van der Waals surface area contributed by atoms with Crippen molar-refractivity contribution in [3.8, 4) is 0 Å². The maximum absolute atomic E-state index is 5.38. The Balaban J connectivity index is 1.68. The molecular weight excluding hydrogens is 302 g/mol. The lowest BCUT2D eigenvalue weighted by molar-refractivity contribution is 0.122. The van der Waals surface area contributed by atoms with E-state index in [1.54, 1.807) is 11.3 Å². The van der Waals surface area contributed by atoms with Gasteiger partial charge in [0.2, 0.25) is 5.13 Å². The maximum atomic E-state index is 5.38. The molecule has 0 unspecified atom stereocenters. The van der Waals surface area contributed by atoms with Crippen LogP contribution < -0.4 is 4.90 Å². The van der Waals surface area contributed by atoms with Crippen LogP contribution in [-0.2, 0) is 4.74 Å². The van der Waals surface area contributed by atoms with Gasteiger partial charge in [-0.15, -0.1) is 10.2 Å². The van der Waals surface area contributed by atoms with Gasteiger partial charge >= 0.3 is 0 Å². The Hall–Kier alpha value is -1.11. The van der Waals surface area contributed by atoms with Gasteiger partial charge in [-0.2, -0.15) is 0 Å². The Morgan fingerprint density at radius 1 is 1.24 bits per heavy atom. The average molecular weight is 321 g/mol. The molecule has 1 aliphatic heterocycles. The van der Waals surface area contributed by atoms with E-state index in [0.29, 0.717) is 5.25 Å². The maximum Gasteiger partial charge on any atom is 0.209 e. The zero-order valence-electron chi connectivity index (χ0n) is 12.1. The van der Waals surface area contributed by atoms with E-state index in [1.165, 1.54) is 5.56 Å². The molecule has 21 heavy (non-hydrogen) atoms. The molecule has 4 nitrogen and oxygen atoms in total. The van der Waals surface area contributed by atoms with E-state index in [4.69, 9.17) is 4.74 Å². The Kier molecular flexibility index (Phi) is 5.11. The third-order valence-electron chi connectivity index (χ3n) is 3.46. The predicted octanol–water partition coefficient (Wildman–Crippen LogP) is 3.62. The molecule has 1 aromatic heterocycles. The first-order valence-corrected chi connectivity index (χ1v) is 8.94. The van der Waals surface area contributed by atoms with Crippen molar-refractivity contribution in [3.63, 3.8) is 0 Å². The van der Waals surface area contributed by atoms with Crippen molar-refractivity contribution in [1.29, 1.82) is 0 Å². The van der Waals surface area contributed by atoms with Gasteiger partial charge in [-0.3, -0.25) is 0 Å². The Bertz CT molecular complexity index is 555. The lowest BCUT2D eigenvalue weighted by Gasteiger charge is -2.25. The van der Waals surface area contributed by atoms with Crippen LogP contribution in [-0.4, -0.2) is 36.5 Å². The van der Waals surface area contributed by atoms with Gasteiger partial charge in [0.1, 0.15) is 0 Å². The molecule has 2 aromatic rings. The average Bonchev–Trinajstić information content (AvgIpc) is 3.03. The minimum absolute atomic E-state index is 0.441. The number of ether oxygens (including phenoxy) is 1. The van der Waals surface area contributed by atoms with E-state index >= 15 is 0 Å². The van der Waals surface area contributed by atoms with E-state index in [0.717, 1.165) is 42.2 Å². The van der Waals surface area contributed by atoms with Gasteiger partial charge < -0.3 is 9.64 Å². The summed E-state index contributed by atoms with van der Waals surface area (Å²) in [6.07, 6.45) is 1.08. The number of nitrogens with zero attached hydrogens (tertiary/aromatic N) is 3. The minimum atomic E-state index is 0.441. The lowest BCUT2D eigenvalue weighted by Crippen LogP contribution is -2.36. The van der Waals surface area contributed by atoms with Crippen LogP contribution in [0, 0.1) is 0 Å². The molecule has 2 heterocycles. The van der Waals surface area contributed by atoms with Crippen molar-refractivity contribution in [3.05, 3.63) is 35.9 Å². The summed E-state index contributed by atoms with van der Waals surface area (Å²) >= 11 is 3.50. The van der Waals surface area contributed by atoms with E-state index in [1.807, 2.05) is 11.8 Å². The molecule has 0 N–H and O–H groups in total. The number of morpholine rings is 1. The fraction of sp³-hybridized carbons (Fsp3) is 0.467. The van der Waals surface area contributed by atoms with Crippen molar-refractivity contribution in [1.82, 2.24) is 10.2 Å². The second-order valence-corrected chi connectivity index (χ2v) is 7.28. The second-order valence-electron chi connectivity index (χ2n) is 4.88. The normalized spacial score (nSPS) is 16.9. The third-order valence-corrected chi connectivity index (χ3v) is 5.95.